The van der Waals surface area contributed by atoms with E-state index >= 15 is 0 Å². The van der Waals surface area contributed by atoms with Crippen LogP contribution in [0.1, 0.15) is 17.3 Å². The second-order valence-corrected chi connectivity index (χ2v) is 7.00. The van der Waals surface area contributed by atoms with E-state index in [1.807, 2.05) is 30.5 Å². The highest BCUT2D eigenvalue weighted by molar-refractivity contribution is 7.13. The molecule has 0 saturated carbocycles. The van der Waals surface area contributed by atoms with Crippen LogP contribution in [0.2, 0.25) is 0 Å². The number of thiophene rings is 1. The van der Waals surface area contributed by atoms with Gasteiger partial charge in [0.05, 0.1) is 17.2 Å². The number of carbonyl (C=O) groups excluding carboxylic acids is 1. The van der Waals surface area contributed by atoms with Crippen molar-refractivity contribution in [3.63, 3.8) is 0 Å². The number of amides is 1. The zero-order valence-electron chi connectivity index (χ0n) is 15.5. The van der Waals surface area contributed by atoms with E-state index in [-0.39, 0.29) is 11.6 Å². The van der Waals surface area contributed by atoms with Crippen molar-refractivity contribution in [3.05, 3.63) is 77.4 Å². The van der Waals surface area contributed by atoms with Crippen molar-refractivity contribution >= 4 is 22.9 Å². The Hall–Kier alpha value is -3.52. The summed E-state index contributed by atoms with van der Waals surface area (Å²) >= 11 is 1.55. The molecule has 29 heavy (non-hydrogen) atoms. The van der Waals surface area contributed by atoms with E-state index < -0.39 is 11.7 Å². The van der Waals surface area contributed by atoms with Crippen LogP contribution < -0.4 is 10.1 Å². The number of hydrogen-bond donors (Lipinski definition) is 1. The molecule has 6 nitrogen and oxygen atoms in total. The largest absolute Gasteiger partial charge is 0.463 e. The molecule has 2 heterocycles. The van der Waals surface area contributed by atoms with Crippen molar-refractivity contribution in [1.29, 1.82) is 0 Å². The van der Waals surface area contributed by atoms with E-state index in [1.165, 1.54) is 18.2 Å². The fourth-order valence-corrected chi connectivity index (χ4v) is 3.48. The van der Waals surface area contributed by atoms with Crippen molar-refractivity contribution < 1.29 is 13.9 Å². The van der Waals surface area contributed by atoms with Crippen LogP contribution in [-0.2, 0) is 0 Å². The number of anilines is 1. The number of halogens is 1. The Morgan fingerprint density at radius 3 is 2.79 bits per heavy atom. The Kier molecular flexibility index (Phi) is 5.35. The van der Waals surface area contributed by atoms with Gasteiger partial charge in [0.15, 0.2) is 5.82 Å². The molecule has 8 heteroatoms. The quantitative estimate of drug-likeness (QED) is 0.498. The van der Waals surface area contributed by atoms with Crippen LogP contribution in [0.5, 0.6) is 6.01 Å². The Balaban J connectivity index is 1.66. The van der Waals surface area contributed by atoms with Crippen molar-refractivity contribution in [2.75, 3.05) is 11.9 Å². The first-order valence-electron chi connectivity index (χ1n) is 8.95. The van der Waals surface area contributed by atoms with Gasteiger partial charge in [-0.25, -0.2) is 9.07 Å². The highest BCUT2D eigenvalue weighted by atomic mass is 32.1. The maximum Gasteiger partial charge on any atom is 0.336 e. The number of aromatic nitrogens is 3. The number of rotatable bonds is 6. The van der Waals surface area contributed by atoms with E-state index in [4.69, 9.17) is 4.74 Å². The summed E-state index contributed by atoms with van der Waals surface area (Å²) in [6.07, 6.45) is 0. The summed E-state index contributed by atoms with van der Waals surface area (Å²) in [7, 11) is 0. The second kappa shape index (κ2) is 8.24. The summed E-state index contributed by atoms with van der Waals surface area (Å²) in [6.45, 7) is 2.33. The van der Waals surface area contributed by atoms with E-state index in [1.54, 1.807) is 40.3 Å². The molecular weight excluding hydrogens is 391 g/mol. The van der Waals surface area contributed by atoms with E-state index in [0.717, 1.165) is 4.88 Å². The molecule has 0 aliphatic heterocycles. The lowest BCUT2D eigenvalue weighted by molar-refractivity contribution is 0.102. The van der Waals surface area contributed by atoms with Gasteiger partial charge < -0.3 is 10.1 Å². The Labute approximate surface area is 170 Å². The van der Waals surface area contributed by atoms with E-state index in [9.17, 15) is 9.18 Å². The first kappa shape index (κ1) is 18.8. The van der Waals surface area contributed by atoms with E-state index in [2.05, 4.69) is 15.4 Å². The number of benzene rings is 2. The van der Waals surface area contributed by atoms with Gasteiger partial charge in [0.2, 0.25) is 0 Å². The zero-order chi connectivity index (χ0) is 20.2. The lowest BCUT2D eigenvalue weighted by atomic mass is 10.2. The van der Waals surface area contributed by atoms with Gasteiger partial charge in [-0.05, 0) is 54.8 Å². The number of hydrogen-bond acceptors (Lipinski definition) is 5. The number of nitrogens with zero attached hydrogens (tertiary/aromatic N) is 3. The third-order valence-electron chi connectivity index (χ3n) is 4.04. The molecule has 4 aromatic rings. The van der Waals surface area contributed by atoms with Crippen molar-refractivity contribution in [1.82, 2.24) is 14.8 Å². The highest BCUT2D eigenvalue weighted by Gasteiger charge is 2.16. The van der Waals surface area contributed by atoms with Crippen LogP contribution >= 0.6 is 11.3 Å². The van der Waals surface area contributed by atoms with Gasteiger partial charge in [0.25, 0.3) is 5.91 Å². The molecule has 0 fully saturated rings. The van der Waals surface area contributed by atoms with Crippen LogP contribution in [-0.4, -0.2) is 27.3 Å². The van der Waals surface area contributed by atoms with Crippen LogP contribution in [0.25, 0.3) is 16.4 Å². The molecule has 0 bridgehead atoms. The third kappa shape index (κ3) is 4.17. The Morgan fingerprint density at radius 2 is 2.03 bits per heavy atom. The van der Waals surface area contributed by atoms with Crippen molar-refractivity contribution in [2.45, 2.75) is 6.92 Å². The van der Waals surface area contributed by atoms with Crippen molar-refractivity contribution in [3.8, 4) is 22.4 Å². The SMILES string of the molecule is CCOc1nc(-c2cccs2)n(-c2cccc(NC(=O)c3cccc(F)c3)c2)n1. The van der Waals surface area contributed by atoms with Gasteiger partial charge >= 0.3 is 6.01 Å². The predicted octanol–water partition coefficient (Wildman–Crippen LogP) is 4.79. The predicted molar refractivity (Wildman–Crippen MR) is 110 cm³/mol. The molecule has 0 unspecified atom stereocenters. The fourth-order valence-electron chi connectivity index (χ4n) is 2.78. The van der Waals surface area contributed by atoms with Crippen LogP contribution in [0.3, 0.4) is 0 Å². The molecule has 0 aliphatic carbocycles. The summed E-state index contributed by atoms with van der Waals surface area (Å²) < 4.78 is 20.5. The minimum atomic E-state index is -0.460. The first-order valence-corrected chi connectivity index (χ1v) is 9.83. The van der Waals surface area contributed by atoms with Gasteiger partial charge in [-0.3, -0.25) is 4.79 Å². The van der Waals surface area contributed by atoms with Gasteiger partial charge in [-0.15, -0.1) is 16.4 Å². The van der Waals surface area contributed by atoms with Crippen LogP contribution in [0.15, 0.2) is 66.0 Å². The summed E-state index contributed by atoms with van der Waals surface area (Å²) in [5, 5.41) is 9.19. The molecule has 146 valence electrons. The summed E-state index contributed by atoms with van der Waals surface area (Å²) in [5.74, 6) is -0.205. The maximum absolute atomic E-state index is 13.4. The van der Waals surface area contributed by atoms with Gasteiger partial charge in [0, 0.05) is 11.3 Å². The summed E-state index contributed by atoms with van der Waals surface area (Å²) in [4.78, 5) is 17.8. The number of nitrogens with one attached hydrogen (secondary N) is 1. The topological polar surface area (TPSA) is 69.0 Å². The van der Waals surface area contributed by atoms with Crippen molar-refractivity contribution in [2.24, 2.45) is 0 Å². The second-order valence-electron chi connectivity index (χ2n) is 6.05. The normalized spacial score (nSPS) is 10.7. The van der Waals surface area contributed by atoms with E-state index in [0.29, 0.717) is 23.8 Å². The molecule has 2 aromatic heterocycles. The molecule has 1 N–H and O–H groups in total. The summed E-state index contributed by atoms with van der Waals surface area (Å²) in [5.41, 5.74) is 1.51. The van der Waals surface area contributed by atoms with Gasteiger partial charge in [-0.1, -0.05) is 18.2 Å². The Morgan fingerprint density at radius 1 is 1.17 bits per heavy atom. The molecule has 0 spiro atoms. The van der Waals surface area contributed by atoms with Gasteiger partial charge in [0.1, 0.15) is 5.82 Å². The first-order chi connectivity index (χ1) is 14.1. The molecule has 0 radical (unpaired) electrons. The average molecular weight is 408 g/mol. The molecule has 0 saturated heterocycles. The maximum atomic E-state index is 13.4. The van der Waals surface area contributed by atoms with Crippen LogP contribution in [0, 0.1) is 5.82 Å². The number of ether oxygens (including phenoxy) is 1. The fraction of sp³-hybridized carbons (Fsp3) is 0.0952. The Bertz CT molecular complexity index is 1140. The molecule has 0 atom stereocenters. The van der Waals surface area contributed by atoms with Crippen LogP contribution in [0.4, 0.5) is 10.1 Å². The highest BCUT2D eigenvalue weighted by Crippen LogP contribution is 2.28. The third-order valence-corrected chi connectivity index (χ3v) is 4.90. The smallest absolute Gasteiger partial charge is 0.336 e. The minimum absolute atomic E-state index is 0.245. The minimum Gasteiger partial charge on any atom is -0.463 e. The average Bonchev–Trinajstić information content (AvgIpc) is 3.38. The molecule has 1 amide bonds. The molecule has 4 rings (SSSR count). The lowest BCUT2D eigenvalue weighted by Crippen LogP contribution is -2.12. The molecule has 0 aliphatic rings. The molecule has 2 aromatic carbocycles. The monoisotopic (exact) mass is 408 g/mol. The standard InChI is InChI=1S/C21H17FN4O2S/c1-2-28-21-24-19(18-10-5-11-29-18)26(25-21)17-9-4-8-16(13-17)23-20(27)14-6-3-7-15(22)12-14/h3-13H,2H2,1H3,(H,23,27). The zero-order valence-corrected chi connectivity index (χ0v) is 16.3. The molecular formula is C21H17FN4O2S. The summed E-state index contributed by atoms with van der Waals surface area (Å²) in [6, 6.07) is 16.9. The lowest BCUT2D eigenvalue weighted by Gasteiger charge is -2.09. The number of carbonyl (C=O) groups is 1. The van der Waals surface area contributed by atoms with Gasteiger partial charge in [-0.2, -0.15) is 4.98 Å².